The zero-order valence-corrected chi connectivity index (χ0v) is 15.6. The Hall–Kier alpha value is -2.63. The molecule has 27 heavy (non-hydrogen) atoms. The van der Waals surface area contributed by atoms with Crippen molar-refractivity contribution in [2.75, 3.05) is 6.54 Å². The predicted molar refractivity (Wildman–Crippen MR) is 101 cm³/mol. The fourth-order valence-corrected chi connectivity index (χ4v) is 5.00. The zero-order chi connectivity index (χ0) is 18.4. The van der Waals surface area contributed by atoms with Gasteiger partial charge in [-0.3, -0.25) is 4.79 Å². The van der Waals surface area contributed by atoms with Crippen molar-refractivity contribution in [3.8, 4) is 0 Å². The highest BCUT2D eigenvalue weighted by Crippen LogP contribution is 2.44. The molecule has 5 rings (SSSR count). The van der Waals surface area contributed by atoms with E-state index >= 15 is 0 Å². The van der Waals surface area contributed by atoms with Crippen molar-refractivity contribution in [1.29, 1.82) is 0 Å². The monoisotopic (exact) mass is 364 g/mol. The number of aryl methyl sites for hydroxylation is 1. The minimum Gasteiger partial charge on any atom is -0.356 e. The van der Waals surface area contributed by atoms with Crippen LogP contribution in [0.25, 0.3) is 10.9 Å². The Labute approximate surface area is 157 Å². The molecular formula is C21H24N4O2. The first-order valence-corrected chi connectivity index (χ1v) is 9.93. The number of amides is 1. The van der Waals surface area contributed by atoms with Gasteiger partial charge in [0.05, 0.1) is 6.04 Å². The van der Waals surface area contributed by atoms with E-state index < -0.39 is 0 Å². The average Bonchev–Trinajstić information content (AvgIpc) is 3.30. The van der Waals surface area contributed by atoms with E-state index in [-0.39, 0.29) is 11.9 Å². The third-order valence-electron chi connectivity index (χ3n) is 6.29. The molecular weight excluding hydrogens is 340 g/mol. The quantitative estimate of drug-likeness (QED) is 0.740. The lowest BCUT2D eigenvalue weighted by Crippen LogP contribution is -2.44. The largest absolute Gasteiger partial charge is 0.356 e. The molecule has 1 N–H and O–H groups in total. The van der Waals surface area contributed by atoms with E-state index in [0.717, 1.165) is 11.9 Å². The fraction of sp³-hybridized carbons (Fsp3) is 0.476. The van der Waals surface area contributed by atoms with Crippen LogP contribution in [0.15, 0.2) is 28.9 Å². The van der Waals surface area contributed by atoms with Crippen molar-refractivity contribution < 1.29 is 9.42 Å². The van der Waals surface area contributed by atoms with Crippen LogP contribution in [0.4, 0.5) is 0 Å². The predicted octanol–water partition coefficient (Wildman–Crippen LogP) is 4.18. The maximum absolute atomic E-state index is 13.3. The van der Waals surface area contributed by atoms with Crippen molar-refractivity contribution in [1.82, 2.24) is 20.2 Å². The molecule has 1 amide bonds. The van der Waals surface area contributed by atoms with E-state index in [1.165, 1.54) is 48.7 Å². The molecule has 0 saturated heterocycles. The lowest BCUT2D eigenvalue weighted by Gasteiger charge is -2.41. The summed E-state index contributed by atoms with van der Waals surface area (Å²) in [7, 11) is 0. The van der Waals surface area contributed by atoms with Gasteiger partial charge in [0.25, 0.3) is 5.91 Å². The molecule has 3 aromatic rings. The topological polar surface area (TPSA) is 75.0 Å². The highest BCUT2D eigenvalue weighted by molar-refractivity contribution is 5.94. The Bertz CT molecular complexity index is 983. The van der Waals surface area contributed by atoms with E-state index in [1.54, 1.807) is 6.92 Å². The highest BCUT2D eigenvalue weighted by atomic mass is 16.6. The number of benzene rings is 1. The number of fused-ring (bicyclic) bond motifs is 3. The summed E-state index contributed by atoms with van der Waals surface area (Å²) in [5, 5.41) is 8.98. The molecule has 0 radical (unpaired) electrons. The number of para-hydroxylation sites is 1. The Morgan fingerprint density at radius 2 is 2.00 bits per heavy atom. The summed E-state index contributed by atoms with van der Waals surface area (Å²) in [5.74, 6) is 0.420. The van der Waals surface area contributed by atoms with Crippen LogP contribution < -0.4 is 0 Å². The van der Waals surface area contributed by atoms with Gasteiger partial charge in [-0.15, -0.1) is 0 Å². The number of aromatic nitrogens is 3. The Morgan fingerprint density at radius 1 is 1.19 bits per heavy atom. The molecule has 140 valence electrons. The zero-order valence-electron chi connectivity index (χ0n) is 15.6. The van der Waals surface area contributed by atoms with Crippen LogP contribution in [-0.2, 0) is 6.42 Å². The smallest absolute Gasteiger partial charge is 0.278 e. The van der Waals surface area contributed by atoms with Crippen molar-refractivity contribution >= 4 is 16.8 Å². The van der Waals surface area contributed by atoms with E-state index in [1.807, 2.05) is 4.90 Å². The van der Waals surface area contributed by atoms with Gasteiger partial charge in [0, 0.05) is 23.1 Å². The number of nitrogens with one attached hydrogen (secondary N) is 1. The molecule has 1 saturated carbocycles. The van der Waals surface area contributed by atoms with Gasteiger partial charge in [-0.1, -0.05) is 42.6 Å². The molecule has 0 bridgehead atoms. The number of hydrogen-bond acceptors (Lipinski definition) is 4. The lowest BCUT2D eigenvalue weighted by atomic mass is 9.79. The number of hydrogen-bond donors (Lipinski definition) is 1. The van der Waals surface area contributed by atoms with Gasteiger partial charge in [-0.2, -0.15) is 0 Å². The van der Waals surface area contributed by atoms with Gasteiger partial charge in [0.15, 0.2) is 5.69 Å². The van der Waals surface area contributed by atoms with E-state index in [4.69, 9.17) is 4.63 Å². The molecule has 0 spiro atoms. The molecule has 1 atom stereocenters. The summed E-state index contributed by atoms with van der Waals surface area (Å²) in [6, 6.07) is 8.54. The van der Waals surface area contributed by atoms with Gasteiger partial charge in [-0.05, 0) is 48.9 Å². The molecule has 3 heterocycles. The van der Waals surface area contributed by atoms with Crippen LogP contribution in [0.3, 0.4) is 0 Å². The fourth-order valence-electron chi connectivity index (χ4n) is 5.00. The minimum atomic E-state index is -0.0615. The summed E-state index contributed by atoms with van der Waals surface area (Å²) < 4.78 is 4.80. The van der Waals surface area contributed by atoms with Crippen molar-refractivity contribution in [2.24, 2.45) is 5.92 Å². The minimum absolute atomic E-state index is 0.0615. The Kier molecular flexibility index (Phi) is 3.99. The van der Waals surface area contributed by atoms with Gasteiger partial charge in [0.2, 0.25) is 0 Å². The number of aromatic amines is 1. The second kappa shape index (κ2) is 6.51. The molecule has 2 aromatic heterocycles. The highest BCUT2D eigenvalue weighted by Gasteiger charge is 2.40. The van der Waals surface area contributed by atoms with Crippen LogP contribution in [0.2, 0.25) is 0 Å². The summed E-state index contributed by atoms with van der Waals surface area (Å²) in [5.41, 5.74) is 4.66. The summed E-state index contributed by atoms with van der Waals surface area (Å²) in [4.78, 5) is 19.0. The van der Waals surface area contributed by atoms with Gasteiger partial charge < -0.3 is 9.88 Å². The molecule has 1 aromatic carbocycles. The first kappa shape index (κ1) is 16.5. The second-order valence-electron chi connectivity index (χ2n) is 7.85. The number of nitrogens with zero attached hydrogens (tertiary/aromatic N) is 3. The van der Waals surface area contributed by atoms with Crippen molar-refractivity contribution in [2.45, 2.75) is 51.5 Å². The molecule has 2 aliphatic rings. The van der Waals surface area contributed by atoms with Gasteiger partial charge >= 0.3 is 0 Å². The summed E-state index contributed by atoms with van der Waals surface area (Å²) in [6.45, 7) is 2.48. The molecule has 6 heteroatoms. The molecule has 1 aliphatic heterocycles. The Balaban J connectivity index is 1.61. The van der Waals surface area contributed by atoms with Crippen LogP contribution >= 0.6 is 0 Å². The van der Waals surface area contributed by atoms with E-state index in [0.29, 0.717) is 23.9 Å². The maximum atomic E-state index is 13.3. The normalized spacial score (nSPS) is 20.8. The van der Waals surface area contributed by atoms with Crippen molar-refractivity contribution in [3.63, 3.8) is 0 Å². The molecule has 1 fully saturated rings. The van der Waals surface area contributed by atoms with Crippen LogP contribution in [0.5, 0.6) is 0 Å². The molecule has 1 aliphatic carbocycles. The van der Waals surface area contributed by atoms with Gasteiger partial charge in [0.1, 0.15) is 5.69 Å². The van der Waals surface area contributed by atoms with Crippen LogP contribution in [-0.4, -0.2) is 32.6 Å². The standard InChI is InChI=1S/C21H24N4O2/c1-13-18(24-27-23-13)21(26)25-12-11-16-15-9-5-6-10-17(15)22-19(16)20(25)14-7-3-2-4-8-14/h5-6,9-10,14,20,22H,2-4,7-8,11-12H2,1H3. The third-order valence-corrected chi connectivity index (χ3v) is 6.29. The van der Waals surface area contributed by atoms with Crippen molar-refractivity contribution in [3.05, 3.63) is 46.9 Å². The SMILES string of the molecule is Cc1nonc1C(=O)N1CCc2c([nH]c3ccccc23)C1C1CCCCC1. The average molecular weight is 364 g/mol. The van der Waals surface area contributed by atoms with Crippen LogP contribution in [0.1, 0.15) is 65.6 Å². The molecule has 6 nitrogen and oxygen atoms in total. The number of carbonyl (C=O) groups is 1. The van der Waals surface area contributed by atoms with E-state index in [2.05, 4.69) is 39.6 Å². The van der Waals surface area contributed by atoms with Gasteiger partial charge in [-0.25, -0.2) is 4.63 Å². The van der Waals surface area contributed by atoms with E-state index in [9.17, 15) is 4.79 Å². The number of carbonyl (C=O) groups excluding carboxylic acids is 1. The first-order valence-electron chi connectivity index (χ1n) is 9.93. The maximum Gasteiger partial charge on any atom is 0.278 e. The third kappa shape index (κ3) is 2.66. The van der Waals surface area contributed by atoms with Crippen LogP contribution in [0, 0.1) is 12.8 Å². The molecule has 1 unspecified atom stereocenters. The second-order valence-corrected chi connectivity index (χ2v) is 7.85. The first-order chi connectivity index (χ1) is 13.2. The Morgan fingerprint density at radius 3 is 2.78 bits per heavy atom. The number of H-pyrrole nitrogens is 1. The summed E-state index contributed by atoms with van der Waals surface area (Å²) in [6.07, 6.45) is 6.97. The number of rotatable bonds is 2. The lowest BCUT2D eigenvalue weighted by molar-refractivity contribution is 0.0522. The summed E-state index contributed by atoms with van der Waals surface area (Å²) >= 11 is 0.